The Morgan fingerprint density at radius 3 is 2.71 bits per heavy atom. The van der Waals surface area contributed by atoms with E-state index < -0.39 is 12.1 Å². The molecule has 0 aromatic heterocycles. The van der Waals surface area contributed by atoms with E-state index in [1.165, 1.54) is 7.11 Å². The second kappa shape index (κ2) is 7.58. The Bertz CT molecular complexity index is 373. The number of carboxylic acids is 1. The monoisotopic (exact) mass is 301 g/mol. The summed E-state index contributed by atoms with van der Waals surface area (Å²) >= 11 is 0. The van der Waals surface area contributed by atoms with Crippen molar-refractivity contribution in [1.82, 2.24) is 15.1 Å². The number of methoxy groups -OCH3 is 1. The normalized spacial score (nSPS) is 24.8. The van der Waals surface area contributed by atoms with Crippen LogP contribution in [0.15, 0.2) is 0 Å². The number of amides is 2. The molecule has 2 aliphatic rings. The number of hydrogen-bond acceptors (Lipinski definition) is 5. The second-order valence-electron chi connectivity index (χ2n) is 5.29. The fourth-order valence-corrected chi connectivity index (χ4v) is 2.73. The van der Waals surface area contributed by atoms with Gasteiger partial charge in [0.15, 0.2) is 6.10 Å². The van der Waals surface area contributed by atoms with Gasteiger partial charge in [-0.05, 0) is 6.42 Å². The predicted octanol–water partition coefficient (Wildman–Crippen LogP) is -0.798. The van der Waals surface area contributed by atoms with E-state index in [-0.39, 0.29) is 12.6 Å². The molecule has 2 aliphatic heterocycles. The summed E-state index contributed by atoms with van der Waals surface area (Å²) in [5.41, 5.74) is 0. The highest BCUT2D eigenvalue weighted by molar-refractivity contribution is 5.77. The Kier molecular flexibility index (Phi) is 5.77. The third-order valence-electron chi connectivity index (χ3n) is 4.01. The molecular formula is C13H23N3O5. The van der Waals surface area contributed by atoms with Crippen LogP contribution in [0.1, 0.15) is 6.42 Å². The molecule has 0 bridgehead atoms. The van der Waals surface area contributed by atoms with E-state index in [1.54, 1.807) is 4.90 Å². The number of likely N-dealkylation sites (tertiary alicyclic amines) is 1. The van der Waals surface area contributed by atoms with Gasteiger partial charge in [0.25, 0.3) is 0 Å². The van der Waals surface area contributed by atoms with Crippen molar-refractivity contribution in [3.05, 3.63) is 0 Å². The second-order valence-corrected chi connectivity index (χ2v) is 5.29. The first-order chi connectivity index (χ1) is 10.1. The molecule has 2 saturated heterocycles. The summed E-state index contributed by atoms with van der Waals surface area (Å²) in [6.45, 7) is 4.65. The first-order valence-corrected chi connectivity index (χ1v) is 7.22. The topological polar surface area (TPSA) is 91.3 Å². The Labute approximate surface area is 124 Å². The highest BCUT2D eigenvalue weighted by atomic mass is 16.5. The van der Waals surface area contributed by atoms with E-state index in [0.29, 0.717) is 19.1 Å². The molecule has 0 aromatic rings. The van der Waals surface area contributed by atoms with Gasteiger partial charge in [-0.25, -0.2) is 9.59 Å². The SMILES string of the molecule is COC(CNC(=O)N1CCC(N2CCOCC2)C1)C(=O)O. The maximum Gasteiger partial charge on any atom is 0.334 e. The van der Waals surface area contributed by atoms with Crippen LogP contribution < -0.4 is 5.32 Å². The lowest BCUT2D eigenvalue weighted by molar-refractivity contribution is -0.148. The molecule has 2 unspecified atom stereocenters. The molecule has 0 spiro atoms. The fraction of sp³-hybridized carbons (Fsp3) is 0.846. The van der Waals surface area contributed by atoms with E-state index in [0.717, 1.165) is 32.7 Å². The number of carboxylic acid groups (broad SMARTS) is 1. The van der Waals surface area contributed by atoms with Gasteiger partial charge >= 0.3 is 12.0 Å². The minimum atomic E-state index is -1.08. The van der Waals surface area contributed by atoms with E-state index in [4.69, 9.17) is 14.6 Å². The third kappa shape index (κ3) is 4.29. The maximum absolute atomic E-state index is 12.0. The van der Waals surface area contributed by atoms with E-state index in [1.807, 2.05) is 0 Å². The Balaban J connectivity index is 1.75. The molecule has 0 saturated carbocycles. The fourth-order valence-electron chi connectivity index (χ4n) is 2.73. The van der Waals surface area contributed by atoms with Crippen molar-refractivity contribution in [3.8, 4) is 0 Å². The molecule has 2 fully saturated rings. The van der Waals surface area contributed by atoms with E-state index >= 15 is 0 Å². The number of morpholine rings is 1. The quantitative estimate of drug-likeness (QED) is 0.691. The molecule has 0 aliphatic carbocycles. The summed E-state index contributed by atoms with van der Waals surface area (Å²) < 4.78 is 10.1. The Morgan fingerprint density at radius 2 is 2.10 bits per heavy atom. The van der Waals surface area contributed by atoms with Gasteiger partial charge in [0.05, 0.1) is 19.8 Å². The van der Waals surface area contributed by atoms with Gasteiger partial charge in [0.1, 0.15) is 0 Å². The van der Waals surface area contributed by atoms with Crippen LogP contribution in [0.25, 0.3) is 0 Å². The Morgan fingerprint density at radius 1 is 1.38 bits per heavy atom. The molecule has 8 heteroatoms. The summed E-state index contributed by atoms with van der Waals surface area (Å²) in [5.74, 6) is -1.08. The van der Waals surface area contributed by atoms with Crippen LogP contribution in [0.3, 0.4) is 0 Å². The molecule has 0 radical (unpaired) electrons. The van der Waals surface area contributed by atoms with Gasteiger partial charge in [-0.15, -0.1) is 0 Å². The number of urea groups is 1. The summed E-state index contributed by atoms with van der Waals surface area (Å²) in [7, 11) is 1.31. The summed E-state index contributed by atoms with van der Waals surface area (Å²) in [6, 6.07) is 0.145. The van der Waals surface area contributed by atoms with Gasteiger partial charge in [0.2, 0.25) is 0 Å². The van der Waals surface area contributed by atoms with Gasteiger partial charge in [0, 0.05) is 39.3 Å². The summed E-state index contributed by atoms with van der Waals surface area (Å²) in [5, 5.41) is 11.5. The molecule has 8 nitrogen and oxygen atoms in total. The molecule has 2 N–H and O–H groups in total. The van der Waals surface area contributed by atoms with Crippen LogP contribution in [0.2, 0.25) is 0 Å². The van der Waals surface area contributed by atoms with Crippen molar-refractivity contribution in [2.75, 3.05) is 53.0 Å². The average Bonchev–Trinajstić information content (AvgIpc) is 2.98. The molecule has 2 rings (SSSR count). The number of hydrogen-bond donors (Lipinski definition) is 2. The molecule has 120 valence electrons. The number of carbonyl (C=O) groups excluding carboxylic acids is 1. The van der Waals surface area contributed by atoms with Crippen LogP contribution >= 0.6 is 0 Å². The van der Waals surface area contributed by atoms with Gasteiger partial charge in [-0.2, -0.15) is 0 Å². The summed E-state index contributed by atoms with van der Waals surface area (Å²) in [6.07, 6.45) is -0.0633. The number of carbonyl (C=O) groups is 2. The van der Waals surface area contributed by atoms with Crippen molar-refractivity contribution in [1.29, 1.82) is 0 Å². The molecule has 21 heavy (non-hydrogen) atoms. The van der Waals surface area contributed by atoms with Crippen molar-refractivity contribution >= 4 is 12.0 Å². The largest absolute Gasteiger partial charge is 0.479 e. The summed E-state index contributed by atoms with van der Waals surface area (Å²) in [4.78, 5) is 26.9. The van der Waals surface area contributed by atoms with Crippen LogP contribution in [-0.4, -0.2) is 92.1 Å². The minimum Gasteiger partial charge on any atom is -0.479 e. The highest BCUT2D eigenvalue weighted by Crippen LogP contribution is 2.16. The lowest BCUT2D eigenvalue weighted by Gasteiger charge is -2.32. The van der Waals surface area contributed by atoms with Crippen LogP contribution in [0.5, 0.6) is 0 Å². The van der Waals surface area contributed by atoms with Crippen molar-refractivity contribution < 1.29 is 24.2 Å². The molecular weight excluding hydrogens is 278 g/mol. The lowest BCUT2D eigenvalue weighted by Crippen LogP contribution is -2.47. The van der Waals surface area contributed by atoms with Crippen LogP contribution in [0, 0.1) is 0 Å². The first kappa shape index (κ1) is 16.0. The lowest BCUT2D eigenvalue weighted by atomic mass is 10.2. The molecule has 0 aromatic carbocycles. The number of rotatable bonds is 5. The smallest absolute Gasteiger partial charge is 0.334 e. The number of nitrogens with zero attached hydrogens (tertiary/aromatic N) is 2. The third-order valence-corrected chi connectivity index (χ3v) is 4.01. The molecule has 2 amide bonds. The molecule has 2 atom stereocenters. The van der Waals surface area contributed by atoms with Gasteiger partial charge in [-0.1, -0.05) is 0 Å². The van der Waals surface area contributed by atoms with Gasteiger partial charge < -0.3 is 24.8 Å². The van der Waals surface area contributed by atoms with E-state index in [9.17, 15) is 9.59 Å². The van der Waals surface area contributed by atoms with Crippen LogP contribution in [0.4, 0.5) is 4.79 Å². The number of nitrogens with one attached hydrogen (secondary N) is 1. The zero-order valence-electron chi connectivity index (χ0n) is 12.3. The predicted molar refractivity (Wildman–Crippen MR) is 74.2 cm³/mol. The number of aliphatic carboxylic acids is 1. The van der Waals surface area contributed by atoms with Crippen molar-refractivity contribution in [2.24, 2.45) is 0 Å². The maximum atomic E-state index is 12.0. The number of ether oxygens (including phenoxy) is 2. The van der Waals surface area contributed by atoms with Gasteiger partial charge in [-0.3, -0.25) is 4.90 Å². The highest BCUT2D eigenvalue weighted by Gasteiger charge is 2.31. The average molecular weight is 301 g/mol. The van der Waals surface area contributed by atoms with Crippen molar-refractivity contribution in [2.45, 2.75) is 18.6 Å². The standard InChI is InChI=1S/C13H23N3O5/c1-20-11(12(17)18)8-14-13(19)16-3-2-10(9-16)15-4-6-21-7-5-15/h10-11H,2-9H2,1H3,(H,14,19)(H,17,18). The zero-order valence-corrected chi connectivity index (χ0v) is 12.3. The minimum absolute atomic E-state index is 0.0244. The Hall–Kier alpha value is -1.38. The first-order valence-electron chi connectivity index (χ1n) is 7.22. The van der Waals surface area contributed by atoms with Crippen molar-refractivity contribution in [3.63, 3.8) is 0 Å². The zero-order chi connectivity index (χ0) is 15.2. The van der Waals surface area contributed by atoms with E-state index in [2.05, 4.69) is 10.2 Å². The molecule has 2 heterocycles. The van der Waals surface area contributed by atoms with Crippen LogP contribution in [-0.2, 0) is 14.3 Å².